The number of rotatable bonds is 3. The molecule has 29 heavy (non-hydrogen) atoms. The fourth-order valence-electron chi connectivity index (χ4n) is 3.81. The van der Waals surface area contributed by atoms with Gasteiger partial charge in [-0.15, -0.1) is 0 Å². The van der Waals surface area contributed by atoms with E-state index >= 15 is 0 Å². The molecule has 7 nitrogen and oxygen atoms in total. The Kier molecular flexibility index (Phi) is 4.77. The second kappa shape index (κ2) is 7.27. The summed E-state index contributed by atoms with van der Waals surface area (Å²) < 4.78 is 15.5. The van der Waals surface area contributed by atoms with Crippen molar-refractivity contribution in [2.75, 3.05) is 13.1 Å². The Labute approximate surface area is 166 Å². The third kappa shape index (κ3) is 3.46. The fraction of sp³-hybridized carbons (Fsp3) is 0.333. The number of aromatic nitrogens is 3. The van der Waals surface area contributed by atoms with Crippen molar-refractivity contribution in [3.05, 3.63) is 74.3 Å². The zero-order valence-corrected chi connectivity index (χ0v) is 16.3. The zero-order valence-electron chi connectivity index (χ0n) is 16.3. The lowest BCUT2D eigenvalue weighted by Gasteiger charge is -2.17. The van der Waals surface area contributed by atoms with Crippen molar-refractivity contribution in [2.45, 2.75) is 18.8 Å². The van der Waals surface area contributed by atoms with Crippen molar-refractivity contribution in [1.82, 2.24) is 19.0 Å². The highest BCUT2D eigenvalue weighted by Crippen LogP contribution is 2.27. The average Bonchev–Trinajstić information content (AvgIpc) is 3.22. The molecule has 0 N–H and O–H groups in total. The van der Waals surface area contributed by atoms with E-state index in [2.05, 4.69) is 4.98 Å². The maximum absolute atomic E-state index is 13.0. The summed E-state index contributed by atoms with van der Waals surface area (Å²) in [5.41, 5.74) is 1.10. The number of likely N-dealkylation sites (tertiary alicyclic amines) is 1. The van der Waals surface area contributed by atoms with Crippen molar-refractivity contribution in [3.63, 3.8) is 0 Å². The number of aryl methyl sites for hydroxylation is 1. The van der Waals surface area contributed by atoms with Crippen LogP contribution in [-0.2, 0) is 25.3 Å². The number of nitrogens with zero attached hydrogens (tertiary/aromatic N) is 4. The van der Waals surface area contributed by atoms with Gasteiger partial charge in [-0.3, -0.25) is 18.7 Å². The van der Waals surface area contributed by atoms with Crippen LogP contribution in [0.1, 0.15) is 23.6 Å². The van der Waals surface area contributed by atoms with E-state index in [1.54, 1.807) is 36.2 Å². The summed E-state index contributed by atoms with van der Waals surface area (Å²) in [6.45, 7) is 1.14. The van der Waals surface area contributed by atoms with E-state index in [0.29, 0.717) is 24.1 Å². The number of carbonyl (C=O) groups is 1. The van der Waals surface area contributed by atoms with E-state index in [4.69, 9.17) is 0 Å². The first-order valence-electron chi connectivity index (χ1n) is 9.44. The molecule has 2 aromatic heterocycles. The van der Waals surface area contributed by atoms with Gasteiger partial charge in [0.05, 0.1) is 11.8 Å². The van der Waals surface area contributed by atoms with Crippen molar-refractivity contribution < 1.29 is 9.18 Å². The largest absolute Gasteiger partial charge is 0.342 e. The number of amides is 1. The van der Waals surface area contributed by atoms with Crippen LogP contribution in [-0.4, -0.2) is 38.0 Å². The molecule has 1 aliphatic rings. The van der Waals surface area contributed by atoms with Gasteiger partial charge in [0.15, 0.2) is 0 Å². The molecular formula is C21H21FN4O3. The number of pyridine rings is 1. The molecule has 3 heterocycles. The molecule has 0 bridgehead atoms. The molecule has 0 spiro atoms. The van der Waals surface area contributed by atoms with Crippen LogP contribution in [0.15, 0.2) is 46.0 Å². The van der Waals surface area contributed by atoms with Gasteiger partial charge >= 0.3 is 5.69 Å². The van der Waals surface area contributed by atoms with Crippen molar-refractivity contribution in [1.29, 1.82) is 0 Å². The molecular weight excluding hydrogens is 375 g/mol. The molecule has 150 valence electrons. The van der Waals surface area contributed by atoms with Gasteiger partial charge < -0.3 is 4.90 Å². The van der Waals surface area contributed by atoms with Gasteiger partial charge in [0.2, 0.25) is 5.91 Å². The van der Waals surface area contributed by atoms with Crippen molar-refractivity contribution >= 4 is 16.9 Å². The second-order valence-electron chi connectivity index (χ2n) is 7.44. The van der Waals surface area contributed by atoms with Gasteiger partial charge in [-0.2, -0.15) is 0 Å². The Balaban J connectivity index is 1.55. The van der Waals surface area contributed by atoms with Crippen LogP contribution in [0.2, 0.25) is 0 Å². The maximum Gasteiger partial charge on any atom is 0.332 e. The highest BCUT2D eigenvalue weighted by molar-refractivity contribution is 5.79. The fourth-order valence-corrected chi connectivity index (χ4v) is 3.81. The van der Waals surface area contributed by atoms with Crippen LogP contribution < -0.4 is 11.2 Å². The van der Waals surface area contributed by atoms with Crippen molar-refractivity contribution in [2.24, 2.45) is 14.1 Å². The summed E-state index contributed by atoms with van der Waals surface area (Å²) in [5, 5.41) is 0.389. The molecule has 1 amide bonds. The predicted molar refractivity (Wildman–Crippen MR) is 106 cm³/mol. The summed E-state index contributed by atoms with van der Waals surface area (Å²) in [6, 6.07) is 9.43. The smallest absolute Gasteiger partial charge is 0.332 e. The van der Waals surface area contributed by atoms with Crippen LogP contribution in [0.3, 0.4) is 0 Å². The van der Waals surface area contributed by atoms with E-state index in [0.717, 1.165) is 22.2 Å². The zero-order chi connectivity index (χ0) is 20.7. The lowest BCUT2D eigenvalue weighted by atomic mass is 10.0. The lowest BCUT2D eigenvalue weighted by Crippen LogP contribution is -2.37. The molecule has 1 unspecified atom stereocenters. The molecule has 1 fully saturated rings. The van der Waals surface area contributed by atoms with Crippen molar-refractivity contribution in [3.8, 4) is 0 Å². The molecule has 1 saturated heterocycles. The third-order valence-corrected chi connectivity index (χ3v) is 5.55. The average molecular weight is 396 g/mol. The second-order valence-corrected chi connectivity index (χ2v) is 7.44. The molecule has 8 heteroatoms. The first-order chi connectivity index (χ1) is 13.8. The Bertz CT molecular complexity index is 1210. The van der Waals surface area contributed by atoms with Crippen LogP contribution in [0.5, 0.6) is 0 Å². The summed E-state index contributed by atoms with van der Waals surface area (Å²) in [5.74, 6) is -0.300. The van der Waals surface area contributed by atoms with Gasteiger partial charge in [0, 0.05) is 38.8 Å². The highest BCUT2D eigenvalue weighted by atomic mass is 19.1. The topological polar surface area (TPSA) is 77.2 Å². The first-order valence-corrected chi connectivity index (χ1v) is 9.44. The monoisotopic (exact) mass is 396 g/mol. The summed E-state index contributed by atoms with van der Waals surface area (Å²) in [4.78, 5) is 43.4. The van der Waals surface area contributed by atoms with E-state index in [-0.39, 0.29) is 29.6 Å². The SMILES string of the molecule is Cn1c(=O)c2ccc(C3CCN(C(=O)Cc4ccc(F)cc4)C3)nc2n(C)c1=O. The number of benzene rings is 1. The molecule has 0 aliphatic carbocycles. The van der Waals surface area contributed by atoms with E-state index in [9.17, 15) is 18.8 Å². The Morgan fingerprint density at radius 2 is 1.83 bits per heavy atom. The molecule has 4 rings (SSSR count). The summed E-state index contributed by atoms with van der Waals surface area (Å²) in [7, 11) is 3.04. The molecule has 1 atom stereocenters. The maximum atomic E-state index is 13.0. The highest BCUT2D eigenvalue weighted by Gasteiger charge is 2.28. The molecule has 0 saturated carbocycles. The van der Waals surface area contributed by atoms with Gasteiger partial charge in [-0.25, -0.2) is 14.2 Å². The molecule has 1 aliphatic heterocycles. The van der Waals surface area contributed by atoms with Crippen LogP contribution in [0.4, 0.5) is 4.39 Å². The Morgan fingerprint density at radius 1 is 1.10 bits per heavy atom. The van der Waals surface area contributed by atoms with E-state index in [1.807, 2.05) is 0 Å². The number of hydrogen-bond acceptors (Lipinski definition) is 4. The minimum Gasteiger partial charge on any atom is -0.342 e. The minimum absolute atomic E-state index is 0.0128. The number of carbonyl (C=O) groups excluding carboxylic acids is 1. The Hall–Kier alpha value is -3.29. The van der Waals surface area contributed by atoms with Gasteiger partial charge in [0.1, 0.15) is 11.5 Å². The lowest BCUT2D eigenvalue weighted by molar-refractivity contribution is -0.129. The number of hydrogen-bond donors (Lipinski definition) is 0. The van der Waals surface area contributed by atoms with Crippen LogP contribution in [0.25, 0.3) is 11.0 Å². The normalized spacial score (nSPS) is 16.5. The molecule has 3 aromatic rings. The van der Waals surface area contributed by atoms with Gasteiger partial charge in [-0.1, -0.05) is 12.1 Å². The molecule has 0 radical (unpaired) electrons. The third-order valence-electron chi connectivity index (χ3n) is 5.55. The predicted octanol–water partition coefficient (Wildman–Crippen LogP) is 1.33. The van der Waals surface area contributed by atoms with E-state index in [1.165, 1.54) is 23.7 Å². The first kappa shape index (κ1) is 19.0. The van der Waals surface area contributed by atoms with Gasteiger partial charge in [0.25, 0.3) is 5.56 Å². The van der Waals surface area contributed by atoms with Crippen LogP contribution in [0, 0.1) is 5.82 Å². The minimum atomic E-state index is -0.422. The Morgan fingerprint density at radius 3 is 2.55 bits per heavy atom. The summed E-state index contributed by atoms with van der Waals surface area (Å²) >= 11 is 0. The standard InChI is InChI=1S/C21H21FN4O3/c1-24-19-16(20(28)25(2)21(24)29)7-8-17(23-19)14-9-10-26(12-14)18(27)11-13-3-5-15(22)6-4-13/h3-8,14H,9-12H2,1-2H3. The van der Waals surface area contributed by atoms with Gasteiger partial charge in [-0.05, 0) is 36.2 Å². The quantitative estimate of drug-likeness (QED) is 0.669. The van der Waals surface area contributed by atoms with E-state index < -0.39 is 5.69 Å². The molecule has 1 aromatic carbocycles. The number of fused-ring (bicyclic) bond motifs is 1. The summed E-state index contributed by atoms with van der Waals surface area (Å²) in [6.07, 6.45) is 0.981. The number of halogens is 1. The van der Waals surface area contributed by atoms with Crippen LogP contribution >= 0.6 is 0 Å².